The first-order valence-corrected chi connectivity index (χ1v) is 5.68. The highest BCUT2D eigenvalue weighted by molar-refractivity contribution is 5.93. The summed E-state index contributed by atoms with van der Waals surface area (Å²) >= 11 is 0. The van der Waals surface area contributed by atoms with Gasteiger partial charge in [0.1, 0.15) is 5.76 Å². The highest BCUT2D eigenvalue weighted by Gasteiger charge is 2.28. The van der Waals surface area contributed by atoms with Gasteiger partial charge in [-0.1, -0.05) is 0 Å². The first kappa shape index (κ1) is 11.2. The fourth-order valence-electron chi connectivity index (χ4n) is 2.21. The lowest BCUT2D eigenvalue weighted by Crippen LogP contribution is -2.29. The minimum Gasteiger partial charge on any atom is -0.456 e. The van der Waals surface area contributed by atoms with E-state index in [1.807, 2.05) is 24.8 Å². The maximum Gasteiger partial charge on any atom is 0.289 e. The molecule has 1 aliphatic heterocycles. The summed E-state index contributed by atoms with van der Waals surface area (Å²) in [5, 5.41) is 0. The molecule has 16 heavy (non-hydrogen) atoms. The number of furan rings is 1. The van der Waals surface area contributed by atoms with Crippen LogP contribution >= 0.6 is 0 Å². The van der Waals surface area contributed by atoms with Crippen molar-refractivity contribution >= 4 is 5.91 Å². The Balaban J connectivity index is 2.11. The maximum atomic E-state index is 12.1. The Morgan fingerprint density at radius 3 is 2.88 bits per heavy atom. The topological polar surface area (TPSA) is 59.5 Å². The minimum atomic E-state index is 0.00144. The Bertz CT molecular complexity index is 398. The van der Waals surface area contributed by atoms with E-state index in [4.69, 9.17) is 10.2 Å². The van der Waals surface area contributed by atoms with Crippen LogP contribution in [0.5, 0.6) is 0 Å². The molecule has 4 heteroatoms. The molecular weight excluding hydrogens is 204 g/mol. The van der Waals surface area contributed by atoms with Gasteiger partial charge in [-0.05, 0) is 38.8 Å². The van der Waals surface area contributed by atoms with Gasteiger partial charge in [-0.25, -0.2) is 0 Å². The normalized spacial score (nSPS) is 20.4. The Hall–Kier alpha value is -1.29. The smallest absolute Gasteiger partial charge is 0.289 e. The van der Waals surface area contributed by atoms with Crippen LogP contribution in [0.3, 0.4) is 0 Å². The zero-order chi connectivity index (χ0) is 11.7. The van der Waals surface area contributed by atoms with Gasteiger partial charge in [-0.3, -0.25) is 4.79 Å². The third kappa shape index (κ3) is 1.97. The van der Waals surface area contributed by atoms with Gasteiger partial charge >= 0.3 is 0 Å². The van der Waals surface area contributed by atoms with E-state index in [-0.39, 0.29) is 5.91 Å². The third-order valence-electron chi connectivity index (χ3n) is 3.14. The number of carbonyl (C=O) groups is 1. The van der Waals surface area contributed by atoms with Gasteiger partial charge in [0.2, 0.25) is 0 Å². The molecule has 1 aliphatic rings. The molecule has 1 aromatic heterocycles. The van der Waals surface area contributed by atoms with Crippen LogP contribution in [-0.4, -0.2) is 30.4 Å². The Morgan fingerprint density at radius 2 is 2.38 bits per heavy atom. The SMILES string of the molecule is Cc1cc(C)c(C(=O)N2CCC(CN)C2)o1. The first-order chi connectivity index (χ1) is 7.61. The highest BCUT2D eigenvalue weighted by Crippen LogP contribution is 2.21. The van der Waals surface area contributed by atoms with Crippen molar-refractivity contribution in [2.75, 3.05) is 19.6 Å². The standard InChI is InChI=1S/C12H18N2O2/c1-8-5-9(2)16-11(8)12(15)14-4-3-10(6-13)7-14/h5,10H,3-4,6-7,13H2,1-2H3. The van der Waals surface area contributed by atoms with Crippen LogP contribution < -0.4 is 5.73 Å². The minimum absolute atomic E-state index is 0.00144. The molecule has 1 unspecified atom stereocenters. The zero-order valence-corrected chi connectivity index (χ0v) is 9.82. The van der Waals surface area contributed by atoms with E-state index in [9.17, 15) is 4.79 Å². The molecule has 0 spiro atoms. The number of likely N-dealkylation sites (tertiary alicyclic amines) is 1. The summed E-state index contributed by atoms with van der Waals surface area (Å²) in [6.45, 7) is 5.96. The van der Waals surface area contributed by atoms with Crippen molar-refractivity contribution in [3.05, 3.63) is 23.2 Å². The van der Waals surface area contributed by atoms with Crippen molar-refractivity contribution in [1.82, 2.24) is 4.90 Å². The summed E-state index contributed by atoms with van der Waals surface area (Å²) < 4.78 is 5.43. The number of amides is 1. The molecule has 1 amide bonds. The molecular formula is C12H18N2O2. The number of rotatable bonds is 2. The van der Waals surface area contributed by atoms with Crippen molar-refractivity contribution in [2.24, 2.45) is 11.7 Å². The molecule has 88 valence electrons. The van der Waals surface area contributed by atoms with Gasteiger partial charge in [-0.2, -0.15) is 0 Å². The van der Waals surface area contributed by atoms with Crippen LogP contribution in [-0.2, 0) is 0 Å². The number of carbonyl (C=O) groups excluding carboxylic acids is 1. The second-order valence-electron chi connectivity index (χ2n) is 4.51. The third-order valence-corrected chi connectivity index (χ3v) is 3.14. The van der Waals surface area contributed by atoms with E-state index in [1.165, 1.54) is 0 Å². The number of nitrogens with two attached hydrogens (primary N) is 1. The average Bonchev–Trinajstić information content (AvgIpc) is 2.84. The largest absolute Gasteiger partial charge is 0.456 e. The molecule has 1 saturated heterocycles. The average molecular weight is 222 g/mol. The molecule has 1 aromatic rings. The number of hydrogen-bond donors (Lipinski definition) is 1. The maximum absolute atomic E-state index is 12.1. The predicted molar refractivity (Wildman–Crippen MR) is 61.2 cm³/mol. The summed E-state index contributed by atoms with van der Waals surface area (Å²) in [6, 6.07) is 1.89. The van der Waals surface area contributed by atoms with Crippen LogP contribution in [0, 0.1) is 19.8 Å². The van der Waals surface area contributed by atoms with Crippen molar-refractivity contribution in [3.8, 4) is 0 Å². The zero-order valence-electron chi connectivity index (χ0n) is 9.82. The molecule has 0 radical (unpaired) electrons. The fourth-order valence-corrected chi connectivity index (χ4v) is 2.21. The molecule has 0 bridgehead atoms. The quantitative estimate of drug-likeness (QED) is 0.821. The molecule has 2 N–H and O–H groups in total. The first-order valence-electron chi connectivity index (χ1n) is 5.68. The van der Waals surface area contributed by atoms with E-state index in [1.54, 1.807) is 0 Å². The number of nitrogens with zero attached hydrogens (tertiary/aromatic N) is 1. The van der Waals surface area contributed by atoms with E-state index in [0.29, 0.717) is 18.2 Å². The second-order valence-corrected chi connectivity index (χ2v) is 4.51. The van der Waals surface area contributed by atoms with E-state index < -0.39 is 0 Å². The molecule has 2 rings (SSSR count). The fraction of sp³-hybridized carbons (Fsp3) is 0.583. The molecule has 0 saturated carbocycles. The molecule has 0 aliphatic carbocycles. The van der Waals surface area contributed by atoms with Crippen LogP contribution in [0.4, 0.5) is 0 Å². The molecule has 1 atom stereocenters. The van der Waals surface area contributed by atoms with Crippen molar-refractivity contribution in [1.29, 1.82) is 0 Å². The van der Waals surface area contributed by atoms with Gasteiger partial charge in [0.25, 0.3) is 5.91 Å². The molecule has 4 nitrogen and oxygen atoms in total. The molecule has 2 heterocycles. The summed E-state index contributed by atoms with van der Waals surface area (Å²) in [7, 11) is 0. The van der Waals surface area contributed by atoms with Crippen LogP contribution in [0.25, 0.3) is 0 Å². The Morgan fingerprint density at radius 1 is 1.62 bits per heavy atom. The Labute approximate surface area is 95.4 Å². The van der Waals surface area contributed by atoms with Gasteiger partial charge < -0.3 is 15.1 Å². The van der Waals surface area contributed by atoms with Gasteiger partial charge in [0.05, 0.1) is 0 Å². The van der Waals surface area contributed by atoms with E-state index >= 15 is 0 Å². The van der Waals surface area contributed by atoms with Crippen molar-refractivity contribution in [3.63, 3.8) is 0 Å². The summed E-state index contributed by atoms with van der Waals surface area (Å²) in [6.07, 6.45) is 1.00. The Kier molecular flexibility index (Phi) is 3.01. The predicted octanol–water partition coefficient (Wildman–Crippen LogP) is 1.32. The van der Waals surface area contributed by atoms with Crippen molar-refractivity contribution in [2.45, 2.75) is 20.3 Å². The van der Waals surface area contributed by atoms with E-state index in [0.717, 1.165) is 30.8 Å². The lowest BCUT2D eigenvalue weighted by Gasteiger charge is -2.14. The van der Waals surface area contributed by atoms with Crippen LogP contribution in [0.2, 0.25) is 0 Å². The second kappa shape index (κ2) is 4.29. The van der Waals surface area contributed by atoms with E-state index in [2.05, 4.69) is 0 Å². The lowest BCUT2D eigenvalue weighted by molar-refractivity contribution is 0.0753. The number of aryl methyl sites for hydroxylation is 2. The molecule has 1 fully saturated rings. The van der Waals surface area contributed by atoms with Crippen LogP contribution in [0.15, 0.2) is 10.5 Å². The lowest BCUT2D eigenvalue weighted by atomic mass is 10.1. The van der Waals surface area contributed by atoms with Gasteiger partial charge in [-0.15, -0.1) is 0 Å². The summed E-state index contributed by atoms with van der Waals surface area (Å²) in [5.74, 6) is 1.72. The molecule has 0 aromatic carbocycles. The van der Waals surface area contributed by atoms with Crippen LogP contribution in [0.1, 0.15) is 28.3 Å². The summed E-state index contributed by atoms with van der Waals surface area (Å²) in [5.41, 5.74) is 6.52. The summed E-state index contributed by atoms with van der Waals surface area (Å²) in [4.78, 5) is 14.0. The highest BCUT2D eigenvalue weighted by atomic mass is 16.4. The number of hydrogen-bond acceptors (Lipinski definition) is 3. The van der Waals surface area contributed by atoms with Crippen molar-refractivity contribution < 1.29 is 9.21 Å². The van der Waals surface area contributed by atoms with Gasteiger partial charge in [0, 0.05) is 18.7 Å². The van der Waals surface area contributed by atoms with Gasteiger partial charge in [0.15, 0.2) is 5.76 Å². The monoisotopic (exact) mass is 222 g/mol.